The smallest absolute Gasteiger partial charge is 0.317 e. The molecule has 0 aromatic heterocycles. The fraction of sp³-hybridized carbons (Fsp3) is 0.917. The average Bonchev–Trinajstić information content (AvgIpc) is 2.31. The van der Waals surface area contributed by atoms with Crippen LogP contribution in [-0.2, 0) is 0 Å². The van der Waals surface area contributed by atoms with Crippen molar-refractivity contribution in [1.82, 2.24) is 10.2 Å². The van der Waals surface area contributed by atoms with E-state index in [1.165, 1.54) is 19.3 Å². The fourth-order valence-corrected chi connectivity index (χ4v) is 2.65. The number of piperidine rings is 1. The van der Waals surface area contributed by atoms with Gasteiger partial charge in [0.15, 0.2) is 0 Å². The van der Waals surface area contributed by atoms with Crippen LogP contribution in [0.2, 0.25) is 0 Å². The van der Waals surface area contributed by atoms with Crippen LogP contribution in [0.25, 0.3) is 0 Å². The van der Waals surface area contributed by atoms with Gasteiger partial charge in [0.1, 0.15) is 0 Å². The van der Waals surface area contributed by atoms with Crippen LogP contribution in [0.3, 0.4) is 0 Å². The summed E-state index contributed by atoms with van der Waals surface area (Å²) in [5, 5.41) is 3.17. The largest absolute Gasteiger partial charge is 0.355 e. The van der Waals surface area contributed by atoms with Crippen LogP contribution in [0.1, 0.15) is 44.9 Å². The fourth-order valence-electron chi connectivity index (χ4n) is 2.65. The molecule has 92 valence electrons. The first-order valence-corrected chi connectivity index (χ1v) is 6.64. The molecule has 0 aromatic carbocycles. The van der Waals surface area contributed by atoms with E-state index in [4.69, 9.17) is 0 Å². The van der Waals surface area contributed by atoms with Gasteiger partial charge < -0.3 is 16.0 Å². The maximum Gasteiger partial charge on any atom is 0.317 e. The number of amides is 2. The Morgan fingerprint density at radius 3 is 2.31 bits per heavy atom. The maximum absolute atomic E-state index is 12.0. The van der Waals surface area contributed by atoms with E-state index in [9.17, 15) is 4.79 Å². The van der Waals surface area contributed by atoms with Gasteiger partial charge in [-0.05, 0) is 12.8 Å². The van der Waals surface area contributed by atoms with Gasteiger partial charge in [0.2, 0.25) is 0 Å². The number of quaternary nitrogens is 1. The number of carbonyl (C=O) groups is 1. The Bertz CT molecular complexity index is 230. The highest BCUT2D eigenvalue weighted by molar-refractivity contribution is 5.74. The van der Waals surface area contributed by atoms with E-state index in [1.54, 1.807) is 0 Å². The summed E-state index contributed by atoms with van der Waals surface area (Å²) in [6.45, 7) is 1.76. The second-order valence-electron chi connectivity index (χ2n) is 5.21. The lowest BCUT2D eigenvalue weighted by Gasteiger charge is -2.31. The maximum atomic E-state index is 12.0. The lowest BCUT2D eigenvalue weighted by Crippen LogP contribution is -2.65. The average molecular weight is 226 g/mol. The van der Waals surface area contributed by atoms with Gasteiger partial charge in [-0.15, -0.1) is 0 Å². The molecule has 4 N–H and O–H groups in total. The molecule has 4 nitrogen and oxygen atoms in total. The molecule has 0 atom stereocenters. The Labute approximate surface area is 97.6 Å². The lowest BCUT2D eigenvalue weighted by atomic mass is 9.95. The van der Waals surface area contributed by atoms with Gasteiger partial charge in [-0.3, -0.25) is 0 Å². The molecule has 1 heterocycles. The van der Waals surface area contributed by atoms with E-state index in [1.807, 2.05) is 4.90 Å². The SMILES string of the molecule is [NH3+]C1CCN(C(=O)NC2CCCCC2)CC1. The van der Waals surface area contributed by atoms with Gasteiger partial charge >= 0.3 is 6.03 Å². The summed E-state index contributed by atoms with van der Waals surface area (Å²) in [5.74, 6) is 0. The van der Waals surface area contributed by atoms with Gasteiger partial charge in [-0.1, -0.05) is 19.3 Å². The highest BCUT2D eigenvalue weighted by Gasteiger charge is 2.24. The summed E-state index contributed by atoms with van der Waals surface area (Å²) in [5.41, 5.74) is 4.05. The third-order valence-corrected chi connectivity index (χ3v) is 3.83. The molecule has 2 aliphatic rings. The predicted molar refractivity (Wildman–Crippen MR) is 62.9 cm³/mol. The van der Waals surface area contributed by atoms with E-state index in [0.717, 1.165) is 38.8 Å². The molecule has 2 fully saturated rings. The number of urea groups is 1. The Kier molecular flexibility index (Phi) is 4.04. The summed E-state index contributed by atoms with van der Waals surface area (Å²) < 4.78 is 0. The summed E-state index contributed by atoms with van der Waals surface area (Å²) >= 11 is 0. The van der Waals surface area contributed by atoms with Crippen LogP contribution in [0, 0.1) is 0 Å². The molecule has 2 rings (SSSR count). The number of nitrogens with zero attached hydrogens (tertiary/aromatic N) is 1. The summed E-state index contributed by atoms with van der Waals surface area (Å²) in [4.78, 5) is 13.9. The van der Waals surface area contributed by atoms with Crippen LogP contribution in [-0.4, -0.2) is 36.1 Å². The Morgan fingerprint density at radius 2 is 1.69 bits per heavy atom. The number of nitrogens with one attached hydrogen (secondary N) is 1. The topological polar surface area (TPSA) is 60.0 Å². The molecule has 16 heavy (non-hydrogen) atoms. The standard InChI is InChI=1S/C12H23N3O/c13-10-6-8-15(9-7-10)12(16)14-11-4-2-1-3-5-11/h10-11H,1-9,13H2,(H,14,16)/p+1. The second kappa shape index (κ2) is 5.53. The summed E-state index contributed by atoms with van der Waals surface area (Å²) in [7, 11) is 0. The van der Waals surface area contributed by atoms with E-state index in [-0.39, 0.29) is 6.03 Å². The minimum Gasteiger partial charge on any atom is -0.355 e. The van der Waals surface area contributed by atoms with Crippen LogP contribution >= 0.6 is 0 Å². The molecule has 0 unspecified atom stereocenters. The van der Waals surface area contributed by atoms with Crippen molar-refractivity contribution >= 4 is 6.03 Å². The molecule has 1 saturated heterocycles. The molecule has 2 amide bonds. The van der Waals surface area contributed by atoms with Crippen LogP contribution < -0.4 is 11.1 Å². The van der Waals surface area contributed by atoms with Gasteiger partial charge in [0, 0.05) is 32.0 Å². The molecule has 1 aliphatic heterocycles. The molecule has 0 spiro atoms. The first-order chi connectivity index (χ1) is 7.75. The molecule has 4 heteroatoms. The highest BCUT2D eigenvalue weighted by atomic mass is 16.2. The van der Waals surface area contributed by atoms with Gasteiger partial charge in [0.25, 0.3) is 0 Å². The molecule has 1 saturated carbocycles. The molecule has 0 aromatic rings. The Hall–Kier alpha value is -0.770. The van der Waals surface area contributed by atoms with Crippen molar-refractivity contribution in [3.05, 3.63) is 0 Å². The Morgan fingerprint density at radius 1 is 1.06 bits per heavy atom. The third-order valence-electron chi connectivity index (χ3n) is 3.83. The highest BCUT2D eigenvalue weighted by Crippen LogP contribution is 2.18. The van der Waals surface area contributed by atoms with Crippen LogP contribution in [0.15, 0.2) is 0 Å². The zero-order chi connectivity index (χ0) is 11.4. The van der Waals surface area contributed by atoms with Crippen molar-refractivity contribution in [3.63, 3.8) is 0 Å². The lowest BCUT2D eigenvalue weighted by molar-refractivity contribution is -0.425. The summed E-state index contributed by atoms with van der Waals surface area (Å²) in [6, 6.07) is 1.12. The zero-order valence-corrected chi connectivity index (χ0v) is 10.1. The number of hydrogen-bond donors (Lipinski definition) is 2. The minimum atomic E-state index is 0.152. The quantitative estimate of drug-likeness (QED) is 0.680. The van der Waals surface area contributed by atoms with E-state index in [0.29, 0.717) is 12.1 Å². The van der Waals surface area contributed by atoms with Gasteiger partial charge in [0.05, 0.1) is 6.04 Å². The van der Waals surface area contributed by atoms with E-state index >= 15 is 0 Å². The van der Waals surface area contributed by atoms with Crippen LogP contribution in [0.5, 0.6) is 0 Å². The first-order valence-electron chi connectivity index (χ1n) is 6.64. The number of hydrogen-bond acceptors (Lipinski definition) is 1. The van der Waals surface area contributed by atoms with Crippen molar-refractivity contribution < 1.29 is 10.5 Å². The van der Waals surface area contributed by atoms with Gasteiger partial charge in [-0.2, -0.15) is 0 Å². The number of carbonyl (C=O) groups excluding carboxylic acids is 1. The van der Waals surface area contributed by atoms with Gasteiger partial charge in [-0.25, -0.2) is 4.79 Å². The molecular formula is C12H24N3O+. The third kappa shape index (κ3) is 3.11. The van der Waals surface area contributed by atoms with E-state index < -0.39 is 0 Å². The molecule has 0 bridgehead atoms. The Balaban J connectivity index is 1.74. The number of likely N-dealkylation sites (tertiary alicyclic amines) is 1. The van der Waals surface area contributed by atoms with Crippen LogP contribution in [0.4, 0.5) is 4.79 Å². The van der Waals surface area contributed by atoms with Crippen molar-refractivity contribution in [1.29, 1.82) is 0 Å². The molecule has 0 radical (unpaired) electrons. The van der Waals surface area contributed by atoms with Crippen molar-refractivity contribution in [2.24, 2.45) is 0 Å². The normalized spacial score (nSPS) is 24.4. The zero-order valence-electron chi connectivity index (χ0n) is 10.1. The molecular weight excluding hydrogens is 202 g/mol. The van der Waals surface area contributed by atoms with Crippen molar-refractivity contribution in [2.45, 2.75) is 57.0 Å². The second-order valence-corrected chi connectivity index (χ2v) is 5.21. The van der Waals surface area contributed by atoms with E-state index in [2.05, 4.69) is 11.1 Å². The summed E-state index contributed by atoms with van der Waals surface area (Å²) in [6.07, 6.45) is 8.31. The van der Waals surface area contributed by atoms with Crippen molar-refractivity contribution in [2.75, 3.05) is 13.1 Å². The monoisotopic (exact) mass is 226 g/mol. The minimum absolute atomic E-state index is 0.152. The number of rotatable bonds is 1. The first kappa shape index (κ1) is 11.7. The predicted octanol–water partition coefficient (Wildman–Crippen LogP) is 0.735. The molecule has 1 aliphatic carbocycles. The van der Waals surface area contributed by atoms with Crippen molar-refractivity contribution in [3.8, 4) is 0 Å².